The van der Waals surface area contributed by atoms with Gasteiger partial charge >= 0.3 is 0 Å². The fraction of sp³-hybridized carbons (Fsp3) is 0.417. The van der Waals surface area contributed by atoms with E-state index in [1.807, 2.05) is 0 Å². The fourth-order valence-corrected chi connectivity index (χ4v) is 2.14. The average molecular weight is 283 g/mol. The number of fused-ring (bicyclic) bond motifs is 1. The van der Waals surface area contributed by atoms with E-state index in [-0.39, 0.29) is 11.4 Å². The Morgan fingerprint density at radius 2 is 2.19 bits per heavy atom. The Morgan fingerprint density at radius 3 is 2.88 bits per heavy atom. The molecule has 0 N–H and O–H groups in total. The predicted molar refractivity (Wildman–Crippen MR) is 62.7 cm³/mol. The van der Waals surface area contributed by atoms with E-state index in [4.69, 9.17) is 9.47 Å². The van der Waals surface area contributed by atoms with Gasteiger partial charge in [0.15, 0.2) is 17.3 Å². The minimum absolute atomic E-state index is 0.0572. The smallest absolute Gasteiger partial charge is 0.173 e. The Kier molecular flexibility index (Phi) is 2.21. The molecular formula is C12H11BrO3. The Balaban J connectivity index is 1.94. The van der Waals surface area contributed by atoms with Gasteiger partial charge < -0.3 is 9.47 Å². The topological polar surface area (TPSA) is 35.5 Å². The molecule has 1 aliphatic carbocycles. The van der Waals surface area contributed by atoms with Crippen molar-refractivity contribution < 1.29 is 14.3 Å². The minimum atomic E-state index is -0.0942. The zero-order chi connectivity index (χ0) is 11.2. The highest BCUT2D eigenvalue weighted by molar-refractivity contribution is 9.09. The van der Waals surface area contributed by atoms with Crippen molar-refractivity contribution in [1.82, 2.24) is 0 Å². The largest absolute Gasteiger partial charge is 0.486 e. The van der Waals surface area contributed by atoms with Crippen LogP contribution in [0.25, 0.3) is 0 Å². The summed E-state index contributed by atoms with van der Waals surface area (Å²) in [6.45, 7) is 0.631. The molecule has 4 heteroatoms. The zero-order valence-electron chi connectivity index (χ0n) is 8.66. The van der Waals surface area contributed by atoms with Gasteiger partial charge in [0.25, 0.3) is 0 Å². The lowest BCUT2D eigenvalue weighted by Crippen LogP contribution is -2.31. The van der Waals surface area contributed by atoms with Crippen molar-refractivity contribution in [2.45, 2.75) is 18.4 Å². The zero-order valence-corrected chi connectivity index (χ0v) is 10.2. The second-order valence-corrected chi connectivity index (χ2v) is 4.85. The van der Waals surface area contributed by atoms with E-state index >= 15 is 0 Å². The first-order valence-corrected chi connectivity index (χ1v) is 6.40. The van der Waals surface area contributed by atoms with Crippen molar-refractivity contribution in [1.29, 1.82) is 0 Å². The van der Waals surface area contributed by atoms with Gasteiger partial charge in [0.2, 0.25) is 0 Å². The second kappa shape index (κ2) is 3.48. The van der Waals surface area contributed by atoms with E-state index in [2.05, 4.69) is 15.9 Å². The third kappa shape index (κ3) is 1.61. The highest BCUT2D eigenvalue weighted by Crippen LogP contribution is 2.47. The quantitative estimate of drug-likeness (QED) is 0.618. The standard InChI is InChI=1S/C12H11BrO3/c13-6-9(14)8-1-2-10-11(5-8)16-12(3-4-12)7-15-10/h1-2,5H,3-4,6-7H2. The summed E-state index contributed by atoms with van der Waals surface area (Å²) in [5.41, 5.74) is 0.570. The number of ether oxygens (including phenoxy) is 2. The van der Waals surface area contributed by atoms with Gasteiger partial charge in [-0.2, -0.15) is 0 Å². The molecule has 0 aromatic heterocycles. The van der Waals surface area contributed by atoms with Crippen LogP contribution in [-0.2, 0) is 0 Å². The Morgan fingerprint density at radius 1 is 1.38 bits per heavy atom. The molecule has 0 unspecified atom stereocenters. The van der Waals surface area contributed by atoms with Crippen LogP contribution in [0.5, 0.6) is 11.5 Å². The summed E-state index contributed by atoms with van der Waals surface area (Å²) in [5.74, 6) is 1.50. The van der Waals surface area contributed by atoms with E-state index in [0.717, 1.165) is 18.6 Å². The summed E-state index contributed by atoms with van der Waals surface area (Å²) in [6.07, 6.45) is 2.09. The maximum absolute atomic E-state index is 11.5. The van der Waals surface area contributed by atoms with E-state index < -0.39 is 0 Å². The highest BCUT2D eigenvalue weighted by atomic mass is 79.9. The van der Waals surface area contributed by atoms with Crippen LogP contribution in [0.3, 0.4) is 0 Å². The molecule has 2 aliphatic rings. The molecule has 3 nitrogen and oxygen atoms in total. The number of alkyl halides is 1. The summed E-state index contributed by atoms with van der Waals surface area (Å²) < 4.78 is 11.5. The van der Waals surface area contributed by atoms with Crippen LogP contribution in [0.1, 0.15) is 23.2 Å². The van der Waals surface area contributed by atoms with Gasteiger partial charge in [-0.15, -0.1) is 0 Å². The van der Waals surface area contributed by atoms with Crippen LogP contribution in [0.15, 0.2) is 18.2 Å². The molecule has 1 spiro atoms. The number of carbonyl (C=O) groups is 1. The maximum Gasteiger partial charge on any atom is 0.173 e. The Hall–Kier alpha value is -1.03. The number of ketones is 1. The summed E-state index contributed by atoms with van der Waals surface area (Å²) in [5, 5.41) is 0.331. The molecule has 16 heavy (non-hydrogen) atoms. The molecule has 1 fully saturated rings. The molecule has 3 rings (SSSR count). The van der Waals surface area contributed by atoms with Crippen LogP contribution < -0.4 is 9.47 Å². The highest BCUT2D eigenvalue weighted by Gasteiger charge is 2.49. The monoisotopic (exact) mass is 282 g/mol. The summed E-state index contributed by atoms with van der Waals surface area (Å²) in [6, 6.07) is 5.36. The number of Topliss-reactive ketones (excluding diaryl/α,β-unsaturated/α-hetero) is 1. The van der Waals surface area contributed by atoms with E-state index in [9.17, 15) is 4.79 Å². The van der Waals surface area contributed by atoms with E-state index in [1.165, 1.54) is 0 Å². The fourth-order valence-electron chi connectivity index (χ4n) is 1.82. The average Bonchev–Trinajstić information content (AvgIpc) is 3.06. The van der Waals surface area contributed by atoms with Crippen LogP contribution in [0.2, 0.25) is 0 Å². The molecular weight excluding hydrogens is 272 g/mol. The van der Waals surface area contributed by atoms with Crippen molar-refractivity contribution in [3.63, 3.8) is 0 Å². The normalized spacial score (nSPS) is 19.6. The number of rotatable bonds is 2. The van der Waals surface area contributed by atoms with Crippen LogP contribution in [0, 0.1) is 0 Å². The predicted octanol–water partition coefficient (Wildman–Crippen LogP) is 2.57. The van der Waals surface area contributed by atoms with Crippen molar-refractivity contribution >= 4 is 21.7 Å². The summed E-state index contributed by atoms with van der Waals surface area (Å²) in [7, 11) is 0. The Labute approximate surface area is 102 Å². The lowest BCUT2D eigenvalue weighted by Gasteiger charge is -2.26. The van der Waals surface area contributed by atoms with Crippen LogP contribution in [-0.4, -0.2) is 23.3 Å². The molecule has 1 aromatic rings. The molecule has 1 aromatic carbocycles. The summed E-state index contributed by atoms with van der Waals surface area (Å²) >= 11 is 3.16. The molecule has 1 aliphatic heterocycles. The third-order valence-electron chi connectivity index (χ3n) is 3.01. The van der Waals surface area contributed by atoms with Crippen LogP contribution in [0.4, 0.5) is 0 Å². The third-order valence-corrected chi connectivity index (χ3v) is 3.52. The molecule has 0 amide bonds. The van der Waals surface area contributed by atoms with Gasteiger partial charge in [0, 0.05) is 5.56 Å². The minimum Gasteiger partial charge on any atom is -0.486 e. The van der Waals surface area contributed by atoms with Crippen molar-refractivity contribution in [3.05, 3.63) is 23.8 Å². The first kappa shape index (κ1) is 10.1. The van der Waals surface area contributed by atoms with Crippen molar-refractivity contribution in [2.75, 3.05) is 11.9 Å². The van der Waals surface area contributed by atoms with Gasteiger partial charge in [-0.25, -0.2) is 0 Å². The maximum atomic E-state index is 11.5. The SMILES string of the molecule is O=C(CBr)c1ccc2c(c1)OC1(CC1)CO2. The Bertz CT molecular complexity index is 452. The number of carbonyl (C=O) groups excluding carboxylic acids is 1. The number of hydrogen-bond acceptors (Lipinski definition) is 3. The second-order valence-electron chi connectivity index (χ2n) is 4.29. The van der Waals surface area contributed by atoms with Gasteiger partial charge in [-0.1, -0.05) is 15.9 Å². The van der Waals surface area contributed by atoms with Gasteiger partial charge in [0.1, 0.15) is 12.2 Å². The molecule has 84 valence electrons. The van der Waals surface area contributed by atoms with Crippen molar-refractivity contribution in [2.24, 2.45) is 0 Å². The number of halogens is 1. The molecule has 0 radical (unpaired) electrons. The lowest BCUT2D eigenvalue weighted by molar-refractivity contribution is 0.0715. The van der Waals surface area contributed by atoms with E-state index in [0.29, 0.717) is 23.2 Å². The molecule has 0 bridgehead atoms. The summed E-state index contributed by atoms with van der Waals surface area (Å²) in [4.78, 5) is 11.5. The molecule has 1 saturated carbocycles. The number of hydrogen-bond donors (Lipinski definition) is 0. The molecule has 0 atom stereocenters. The van der Waals surface area contributed by atoms with Crippen LogP contribution >= 0.6 is 15.9 Å². The van der Waals surface area contributed by atoms with Gasteiger partial charge in [0.05, 0.1) is 5.33 Å². The van der Waals surface area contributed by atoms with Gasteiger partial charge in [-0.3, -0.25) is 4.79 Å². The lowest BCUT2D eigenvalue weighted by atomic mass is 10.1. The first-order chi connectivity index (χ1) is 7.72. The van der Waals surface area contributed by atoms with Gasteiger partial charge in [-0.05, 0) is 31.0 Å². The molecule has 0 saturated heterocycles. The number of benzene rings is 1. The molecule has 1 heterocycles. The van der Waals surface area contributed by atoms with Crippen molar-refractivity contribution in [3.8, 4) is 11.5 Å². The van der Waals surface area contributed by atoms with E-state index in [1.54, 1.807) is 18.2 Å². The first-order valence-electron chi connectivity index (χ1n) is 5.27.